The van der Waals surface area contributed by atoms with Gasteiger partial charge in [-0.15, -0.1) is 0 Å². The molecule has 0 saturated carbocycles. The molecule has 0 saturated heterocycles. The fourth-order valence-electron chi connectivity index (χ4n) is 1.33. The average molecular weight is 229 g/mol. The molecule has 88 valence electrons. The van der Waals surface area contributed by atoms with Gasteiger partial charge >= 0.3 is 0 Å². The summed E-state index contributed by atoms with van der Waals surface area (Å²) < 4.78 is 0. The lowest BCUT2D eigenvalue weighted by Crippen LogP contribution is -2.22. The molecular formula is C14H15NO2. The Morgan fingerprint density at radius 3 is 1.35 bits per heavy atom. The highest BCUT2D eigenvalue weighted by atomic mass is 16.9. The van der Waals surface area contributed by atoms with Crippen LogP contribution in [0.3, 0.4) is 0 Å². The van der Waals surface area contributed by atoms with E-state index >= 15 is 0 Å². The van der Waals surface area contributed by atoms with E-state index in [1.807, 2.05) is 62.4 Å². The van der Waals surface area contributed by atoms with E-state index < -0.39 is 0 Å². The molecule has 0 heterocycles. The zero-order valence-corrected chi connectivity index (χ0v) is 9.94. The first-order valence-corrected chi connectivity index (χ1v) is 5.46. The van der Waals surface area contributed by atoms with Gasteiger partial charge in [0.1, 0.15) is 0 Å². The second kappa shape index (κ2) is 5.37. The lowest BCUT2D eigenvalue weighted by molar-refractivity contribution is -0.0191. The molecule has 0 aliphatic carbocycles. The Morgan fingerprint density at radius 2 is 1.00 bits per heavy atom. The van der Waals surface area contributed by atoms with Crippen molar-refractivity contribution >= 4 is 0 Å². The van der Waals surface area contributed by atoms with Gasteiger partial charge in [-0.25, -0.2) is 0 Å². The summed E-state index contributed by atoms with van der Waals surface area (Å²) in [6, 6.07) is 15.4. The molecule has 3 nitrogen and oxygen atoms in total. The molecule has 2 rings (SSSR count). The molecule has 0 aliphatic heterocycles. The maximum atomic E-state index is 5.22. The van der Waals surface area contributed by atoms with Crippen molar-refractivity contribution in [3.8, 4) is 11.5 Å². The highest BCUT2D eigenvalue weighted by Gasteiger charge is 1.95. The molecule has 0 unspecified atom stereocenters. The van der Waals surface area contributed by atoms with E-state index in [1.165, 1.54) is 11.1 Å². The van der Waals surface area contributed by atoms with Gasteiger partial charge in [-0.2, -0.15) is 0 Å². The molecular weight excluding hydrogens is 214 g/mol. The molecule has 0 aromatic heterocycles. The summed E-state index contributed by atoms with van der Waals surface area (Å²) in [5, 5.41) is 0. The number of rotatable bonds is 4. The van der Waals surface area contributed by atoms with E-state index in [2.05, 4.69) is 5.64 Å². The highest BCUT2D eigenvalue weighted by molar-refractivity contribution is 5.27. The summed E-state index contributed by atoms with van der Waals surface area (Å²) in [4.78, 5) is 10.4. The third-order valence-corrected chi connectivity index (χ3v) is 2.36. The van der Waals surface area contributed by atoms with Crippen molar-refractivity contribution in [3.63, 3.8) is 0 Å². The van der Waals surface area contributed by atoms with Crippen molar-refractivity contribution in [2.45, 2.75) is 13.8 Å². The van der Waals surface area contributed by atoms with Gasteiger partial charge in [-0.1, -0.05) is 35.4 Å². The van der Waals surface area contributed by atoms with Crippen LogP contribution in [0.2, 0.25) is 0 Å². The molecule has 17 heavy (non-hydrogen) atoms. The Morgan fingerprint density at radius 1 is 0.647 bits per heavy atom. The fourth-order valence-corrected chi connectivity index (χ4v) is 1.33. The molecule has 0 bridgehead atoms. The van der Waals surface area contributed by atoms with E-state index in [4.69, 9.17) is 9.68 Å². The minimum absolute atomic E-state index is 0.711. The lowest BCUT2D eigenvalue weighted by Gasteiger charge is -2.08. The summed E-state index contributed by atoms with van der Waals surface area (Å²) in [7, 11) is 0. The van der Waals surface area contributed by atoms with Gasteiger partial charge in [0.2, 0.25) is 0 Å². The molecule has 2 aromatic rings. The van der Waals surface area contributed by atoms with Gasteiger partial charge in [0.15, 0.2) is 11.5 Å². The fraction of sp³-hybridized carbons (Fsp3) is 0.143. The smallest absolute Gasteiger partial charge is 0.151 e. The first-order valence-electron chi connectivity index (χ1n) is 5.46. The highest BCUT2D eigenvalue weighted by Crippen LogP contribution is 2.12. The topological polar surface area (TPSA) is 30.5 Å². The quantitative estimate of drug-likeness (QED) is 0.817. The van der Waals surface area contributed by atoms with Gasteiger partial charge < -0.3 is 9.68 Å². The molecule has 0 atom stereocenters. The SMILES string of the molecule is Cc1ccc(ONOc2ccc(C)cc2)cc1. The second-order valence-corrected chi connectivity index (χ2v) is 3.91. The average Bonchev–Trinajstić information content (AvgIpc) is 2.34. The van der Waals surface area contributed by atoms with Crippen LogP contribution >= 0.6 is 0 Å². The lowest BCUT2D eigenvalue weighted by atomic mass is 10.2. The zero-order valence-electron chi connectivity index (χ0n) is 9.94. The van der Waals surface area contributed by atoms with Crippen molar-refractivity contribution in [3.05, 3.63) is 59.7 Å². The summed E-state index contributed by atoms with van der Waals surface area (Å²) in [5.41, 5.74) is 4.84. The van der Waals surface area contributed by atoms with E-state index in [-0.39, 0.29) is 0 Å². The predicted molar refractivity (Wildman–Crippen MR) is 66.7 cm³/mol. The molecule has 0 spiro atoms. The Bertz CT molecular complexity index is 417. The van der Waals surface area contributed by atoms with Crippen LogP contribution in [0.4, 0.5) is 0 Å². The van der Waals surface area contributed by atoms with Crippen LogP contribution in [-0.4, -0.2) is 0 Å². The molecule has 0 aliphatic rings. The van der Waals surface area contributed by atoms with Crippen LogP contribution in [0.1, 0.15) is 11.1 Å². The van der Waals surface area contributed by atoms with E-state index in [9.17, 15) is 0 Å². The molecule has 3 heteroatoms. The minimum Gasteiger partial charge on any atom is -0.374 e. The third-order valence-electron chi connectivity index (χ3n) is 2.36. The predicted octanol–water partition coefficient (Wildman–Crippen LogP) is 3.18. The van der Waals surface area contributed by atoms with Crippen LogP contribution in [-0.2, 0) is 0 Å². The Hall–Kier alpha value is -2.00. The third kappa shape index (κ3) is 3.50. The summed E-state index contributed by atoms with van der Waals surface area (Å²) in [6.07, 6.45) is 0. The van der Waals surface area contributed by atoms with Crippen LogP contribution in [0.25, 0.3) is 0 Å². The van der Waals surface area contributed by atoms with Crippen molar-refractivity contribution in [2.24, 2.45) is 0 Å². The molecule has 0 radical (unpaired) electrons. The van der Waals surface area contributed by atoms with Gasteiger partial charge in [0.05, 0.1) is 0 Å². The minimum atomic E-state index is 0.711. The molecule has 0 fully saturated rings. The maximum Gasteiger partial charge on any atom is 0.151 e. The van der Waals surface area contributed by atoms with Crippen molar-refractivity contribution in [1.29, 1.82) is 0 Å². The van der Waals surface area contributed by atoms with Crippen LogP contribution < -0.4 is 15.3 Å². The van der Waals surface area contributed by atoms with E-state index in [0.29, 0.717) is 11.5 Å². The number of nitrogens with one attached hydrogen (secondary N) is 1. The number of hydrogen-bond acceptors (Lipinski definition) is 3. The largest absolute Gasteiger partial charge is 0.374 e. The first-order chi connectivity index (χ1) is 8.24. The maximum absolute atomic E-state index is 5.22. The Labute approximate surface area is 101 Å². The van der Waals surface area contributed by atoms with Crippen molar-refractivity contribution < 1.29 is 9.68 Å². The van der Waals surface area contributed by atoms with Crippen LogP contribution in [0.15, 0.2) is 48.5 Å². The van der Waals surface area contributed by atoms with E-state index in [1.54, 1.807) is 0 Å². The molecule has 2 aromatic carbocycles. The van der Waals surface area contributed by atoms with Gasteiger partial charge in [0, 0.05) is 5.64 Å². The van der Waals surface area contributed by atoms with Gasteiger partial charge in [0.25, 0.3) is 0 Å². The number of benzene rings is 2. The first kappa shape index (κ1) is 11.5. The summed E-state index contributed by atoms with van der Waals surface area (Å²) in [5.74, 6) is 1.42. The standard InChI is InChI=1S/C14H15NO2/c1-11-3-7-13(8-4-11)16-15-17-14-9-5-12(2)6-10-14/h3-10,15H,1-2H3. The monoisotopic (exact) mass is 229 g/mol. The van der Waals surface area contributed by atoms with Gasteiger partial charge in [-0.3, -0.25) is 0 Å². The van der Waals surface area contributed by atoms with Gasteiger partial charge in [-0.05, 0) is 38.1 Å². The molecule has 0 amide bonds. The summed E-state index contributed by atoms with van der Waals surface area (Å²) in [6.45, 7) is 4.06. The van der Waals surface area contributed by atoms with Crippen LogP contribution in [0, 0.1) is 13.8 Å². The van der Waals surface area contributed by atoms with Crippen molar-refractivity contribution in [2.75, 3.05) is 0 Å². The van der Waals surface area contributed by atoms with Crippen LogP contribution in [0.5, 0.6) is 11.5 Å². The Balaban J connectivity index is 1.83. The Kier molecular flexibility index (Phi) is 3.62. The van der Waals surface area contributed by atoms with E-state index in [0.717, 1.165) is 0 Å². The normalized spacial score (nSPS) is 10.0. The molecule has 1 N–H and O–H groups in total. The number of aryl methyl sites for hydroxylation is 2. The number of hydrogen-bond donors (Lipinski definition) is 1. The summed E-state index contributed by atoms with van der Waals surface area (Å²) >= 11 is 0. The zero-order chi connectivity index (χ0) is 12.1. The van der Waals surface area contributed by atoms with Crippen molar-refractivity contribution in [1.82, 2.24) is 5.64 Å². The second-order valence-electron chi connectivity index (χ2n) is 3.91.